The Bertz CT molecular complexity index is 652. The van der Waals surface area contributed by atoms with Crippen LogP contribution < -0.4 is 14.8 Å². The van der Waals surface area contributed by atoms with E-state index in [4.69, 9.17) is 9.47 Å². The predicted molar refractivity (Wildman–Crippen MR) is 76.7 cm³/mol. The van der Waals surface area contributed by atoms with Gasteiger partial charge >= 0.3 is 0 Å². The predicted octanol–water partition coefficient (Wildman–Crippen LogP) is 3.25. The van der Waals surface area contributed by atoms with Crippen molar-refractivity contribution in [3.05, 3.63) is 34.8 Å². The summed E-state index contributed by atoms with van der Waals surface area (Å²) in [7, 11) is 0. The number of benzene rings is 1. The summed E-state index contributed by atoms with van der Waals surface area (Å²) >= 11 is 1.49. The first-order valence-corrected chi connectivity index (χ1v) is 7.12. The molecule has 1 aliphatic heterocycles. The minimum atomic E-state index is -0.201. The number of anilines is 1. The Morgan fingerprint density at radius 2 is 2.15 bits per heavy atom. The SMILES string of the molecule is CC(C)c1cnc(NC(=O)c2ccc3c(c2)OCO3)s1. The van der Waals surface area contributed by atoms with Crippen LogP contribution in [0.15, 0.2) is 24.4 Å². The van der Waals surface area contributed by atoms with E-state index in [9.17, 15) is 4.79 Å². The van der Waals surface area contributed by atoms with Gasteiger partial charge in [-0.05, 0) is 24.1 Å². The molecule has 0 spiro atoms. The maximum Gasteiger partial charge on any atom is 0.257 e. The fourth-order valence-corrected chi connectivity index (χ4v) is 2.63. The van der Waals surface area contributed by atoms with Crippen LogP contribution in [0.3, 0.4) is 0 Å². The highest BCUT2D eigenvalue weighted by molar-refractivity contribution is 7.15. The lowest BCUT2D eigenvalue weighted by atomic mass is 10.2. The smallest absolute Gasteiger partial charge is 0.257 e. The minimum Gasteiger partial charge on any atom is -0.454 e. The Morgan fingerprint density at radius 1 is 1.35 bits per heavy atom. The highest BCUT2D eigenvalue weighted by Gasteiger charge is 2.17. The van der Waals surface area contributed by atoms with Crippen molar-refractivity contribution in [1.82, 2.24) is 4.98 Å². The van der Waals surface area contributed by atoms with Crippen molar-refractivity contribution in [2.45, 2.75) is 19.8 Å². The standard InChI is InChI=1S/C14H14N2O3S/c1-8(2)12-6-15-14(20-12)16-13(17)9-3-4-10-11(5-9)19-7-18-10/h3-6,8H,7H2,1-2H3,(H,15,16,17). The summed E-state index contributed by atoms with van der Waals surface area (Å²) in [6, 6.07) is 5.12. The van der Waals surface area contributed by atoms with Gasteiger partial charge in [-0.15, -0.1) is 11.3 Å². The maximum atomic E-state index is 12.2. The Morgan fingerprint density at radius 3 is 2.90 bits per heavy atom. The molecule has 0 unspecified atom stereocenters. The lowest BCUT2D eigenvalue weighted by Gasteiger charge is -2.03. The van der Waals surface area contributed by atoms with Gasteiger partial charge in [0.2, 0.25) is 6.79 Å². The van der Waals surface area contributed by atoms with E-state index in [0.29, 0.717) is 28.1 Å². The van der Waals surface area contributed by atoms with Crippen LogP contribution >= 0.6 is 11.3 Å². The van der Waals surface area contributed by atoms with E-state index < -0.39 is 0 Å². The molecule has 0 saturated carbocycles. The van der Waals surface area contributed by atoms with Gasteiger partial charge < -0.3 is 9.47 Å². The van der Waals surface area contributed by atoms with Gasteiger partial charge in [0, 0.05) is 16.6 Å². The first-order chi connectivity index (χ1) is 9.63. The number of aromatic nitrogens is 1. The zero-order valence-corrected chi connectivity index (χ0v) is 12.0. The van der Waals surface area contributed by atoms with Gasteiger partial charge in [-0.25, -0.2) is 4.98 Å². The van der Waals surface area contributed by atoms with E-state index in [-0.39, 0.29) is 12.7 Å². The molecule has 1 aromatic carbocycles. The quantitative estimate of drug-likeness (QED) is 0.942. The molecule has 3 rings (SSSR count). The molecule has 1 aliphatic rings. The number of hydrogen-bond acceptors (Lipinski definition) is 5. The van der Waals surface area contributed by atoms with Gasteiger partial charge in [-0.3, -0.25) is 10.1 Å². The van der Waals surface area contributed by atoms with Crippen LogP contribution in [0.25, 0.3) is 0 Å². The summed E-state index contributed by atoms with van der Waals surface area (Å²) in [5.74, 6) is 1.47. The van der Waals surface area contributed by atoms with Crippen LogP contribution in [0.2, 0.25) is 0 Å². The zero-order valence-electron chi connectivity index (χ0n) is 11.2. The van der Waals surface area contributed by atoms with Gasteiger partial charge in [0.25, 0.3) is 5.91 Å². The molecule has 0 aliphatic carbocycles. The molecule has 0 saturated heterocycles. The van der Waals surface area contributed by atoms with Gasteiger partial charge in [0.05, 0.1) is 0 Å². The topological polar surface area (TPSA) is 60.5 Å². The first kappa shape index (κ1) is 12.9. The third-order valence-corrected chi connectivity index (χ3v) is 4.16. The maximum absolute atomic E-state index is 12.2. The number of amides is 1. The number of carbonyl (C=O) groups is 1. The van der Waals surface area contributed by atoms with E-state index in [1.165, 1.54) is 11.3 Å². The lowest BCUT2D eigenvalue weighted by Crippen LogP contribution is -2.11. The lowest BCUT2D eigenvalue weighted by molar-refractivity contribution is 0.102. The number of ether oxygens (including phenoxy) is 2. The van der Waals surface area contributed by atoms with Crippen LogP contribution in [0.4, 0.5) is 5.13 Å². The van der Waals surface area contributed by atoms with E-state index >= 15 is 0 Å². The van der Waals surface area contributed by atoms with Crippen molar-refractivity contribution in [2.24, 2.45) is 0 Å². The van der Waals surface area contributed by atoms with Crippen LogP contribution in [0, 0.1) is 0 Å². The molecule has 1 amide bonds. The molecule has 0 radical (unpaired) electrons. The number of thiazole rings is 1. The van der Waals surface area contributed by atoms with E-state index in [1.807, 2.05) is 0 Å². The van der Waals surface area contributed by atoms with Gasteiger partial charge in [0.1, 0.15) is 0 Å². The highest BCUT2D eigenvalue weighted by Crippen LogP contribution is 2.33. The van der Waals surface area contributed by atoms with Crippen molar-refractivity contribution in [3.8, 4) is 11.5 Å². The second-order valence-electron chi connectivity index (χ2n) is 4.74. The number of hydrogen-bond donors (Lipinski definition) is 1. The summed E-state index contributed by atoms with van der Waals surface area (Å²) in [4.78, 5) is 17.5. The van der Waals surface area contributed by atoms with Gasteiger partial charge in [-0.2, -0.15) is 0 Å². The molecule has 1 aromatic heterocycles. The van der Waals surface area contributed by atoms with Crippen LogP contribution in [-0.4, -0.2) is 17.7 Å². The van der Waals surface area contributed by atoms with Crippen LogP contribution in [0.5, 0.6) is 11.5 Å². The first-order valence-electron chi connectivity index (χ1n) is 6.30. The summed E-state index contributed by atoms with van der Waals surface area (Å²) in [6.07, 6.45) is 1.80. The molecular weight excluding hydrogens is 276 g/mol. The third-order valence-electron chi connectivity index (χ3n) is 2.95. The summed E-state index contributed by atoms with van der Waals surface area (Å²) < 4.78 is 10.5. The number of carbonyl (C=O) groups excluding carboxylic acids is 1. The molecule has 1 N–H and O–H groups in total. The van der Waals surface area contributed by atoms with Crippen molar-refractivity contribution < 1.29 is 14.3 Å². The number of nitrogens with zero attached hydrogens (tertiary/aromatic N) is 1. The molecule has 0 bridgehead atoms. The Balaban J connectivity index is 1.75. The molecular formula is C14H14N2O3S. The second kappa shape index (κ2) is 5.13. The van der Waals surface area contributed by atoms with Crippen LogP contribution in [0.1, 0.15) is 35.0 Å². The van der Waals surface area contributed by atoms with E-state index in [1.54, 1.807) is 24.4 Å². The van der Waals surface area contributed by atoms with Crippen molar-refractivity contribution in [3.63, 3.8) is 0 Å². The van der Waals surface area contributed by atoms with Gasteiger partial charge in [0.15, 0.2) is 16.6 Å². The average Bonchev–Trinajstić information content (AvgIpc) is 3.05. The summed E-state index contributed by atoms with van der Waals surface area (Å²) in [5.41, 5.74) is 0.524. The Hall–Kier alpha value is -2.08. The van der Waals surface area contributed by atoms with Gasteiger partial charge in [-0.1, -0.05) is 13.8 Å². The minimum absolute atomic E-state index is 0.199. The van der Waals surface area contributed by atoms with Crippen LogP contribution in [-0.2, 0) is 0 Å². The van der Waals surface area contributed by atoms with E-state index in [0.717, 1.165) is 4.88 Å². The monoisotopic (exact) mass is 290 g/mol. The van der Waals surface area contributed by atoms with Crippen molar-refractivity contribution >= 4 is 22.4 Å². The summed E-state index contributed by atoms with van der Waals surface area (Å²) in [6.45, 7) is 4.39. The van der Waals surface area contributed by atoms with Crippen molar-refractivity contribution in [2.75, 3.05) is 12.1 Å². The fourth-order valence-electron chi connectivity index (χ4n) is 1.82. The van der Waals surface area contributed by atoms with E-state index in [2.05, 4.69) is 24.1 Å². The largest absolute Gasteiger partial charge is 0.454 e. The zero-order chi connectivity index (χ0) is 14.1. The molecule has 2 aromatic rings. The normalized spacial score (nSPS) is 12.8. The summed E-state index contributed by atoms with van der Waals surface area (Å²) in [5, 5.41) is 3.40. The molecule has 5 nitrogen and oxygen atoms in total. The molecule has 20 heavy (non-hydrogen) atoms. The van der Waals surface area contributed by atoms with Crippen molar-refractivity contribution in [1.29, 1.82) is 0 Å². The molecule has 6 heteroatoms. The molecule has 0 fully saturated rings. The average molecular weight is 290 g/mol. The second-order valence-corrected chi connectivity index (χ2v) is 5.81. The molecule has 0 atom stereocenters. The Kier molecular flexibility index (Phi) is 3.31. The Labute approximate surface area is 120 Å². The molecule has 104 valence electrons. The number of nitrogens with one attached hydrogen (secondary N) is 1. The third kappa shape index (κ3) is 2.46. The highest BCUT2D eigenvalue weighted by atomic mass is 32.1. The fraction of sp³-hybridized carbons (Fsp3) is 0.286. The molecule has 2 heterocycles. The number of fused-ring (bicyclic) bond motifs is 1. The number of rotatable bonds is 3.